The number of carbonyl (C=O) groups excluding carboxylic acids is 2. The molecule has 3 rings (SSSR count). The van der Waals surface area contributed by atoms with Gasteiger partial charge in [0.05, 0.1) is 4.47 Å². The molecular formula is C18H22BrClN2O3. The molecule has 1 atom stereocenters. The van der Waals surface area contributed by atoms with Gasteiger partial charge in [0, 0.05) is 24.7 Å². The molecule has 1 aromatic rings. The predicted molar refractivity (Wildman–Crippen MR) is 99.8 cm³/mol. The summed E-state index contributed by atoms with van der Waals surface area (Å²) in [4.78, 5) is 29.0. The summed E-state index contributed by atoms with van der Waals surface area (Å²) in [5.74, 6) is 0.523. The van der Waals surface area contributed by atoms with Gasteiger partial charge in [-0.05, 0) is 66.2 Å². The molecule has 0 unspecified atom stereocenters. The monoisotopic (exact) mass is 428 g/mol. The minimum atomic E-state index is -0.336. The van der Waals surface area contributed by atoms with Crippen molar-refractivity contribution in [3.05, 3.63) is 27.7 Å². The fraction of sp³-hybridized carbons (Fsp3) is 0.556. The van der Waals surface area contributed by atoms with Crippen LogP contribution in [0.15, 0.2) is 22.7 Å². The van der Waals surface area contributed by atoms with E-state index in [4.69, 9.17) is 16.3 Å². The Bertz CT molecular complexity index is 649. The first-order chi connectivity index (χ1) is 12.1. The average Bonchev–Trinajstić information content (AvgIpc) is 3.15. The summed E-state index contributed by atoms with van der Waals surface area (Å²) in [6.07, 6.45) is 4.77. The average molecular weight is 430 g/mol. The van der Waals surface area contributed by atoms with E-state index in [1.165, 1.54) is 0 Å². The summed E-state index contributed by atoms with van der Waals surface area (Å²) in [7, 11) is 0. The number of rotatable bonds is 4. The van der Waals surface area contributed by atoms with Crippen LogP contribution in [0, 0.1) is 0 Å². The second-order valence-corrected chi connectivity index (χ2v) is 7.79. The van der Waals surface area contributed by atoms with Crippen LogP contribution in [0.4, 0.5) is 0 Å². The van der Waals surface area contributed by atoms with Crippen molar-refractivity contribution in [1.82, 2.24) is 9.80 Å². The highest BCUT2D eigenvalue weighted by Gasteiger charge is 2.35. The van der Waals surface area contributed by atoms with Gasteiger partial charge in [-0.25, -0.2) is 0 Å². The van der Waals surface area contributed by atoms with Crippen molar-refractivity contribution < 1.29 is 14.3 Å². The minimum Gasteiger partial charge on any atom is -0.483 e. The molecular weight excluding hydrogens is 408 g/mol. The largest absolute Gasteiger partial charge is 0.483 e. The lowest BCUT2D eigenvalue weighted by Gasteiger charge is -2.36. The van der Waals surface area contributed by atoms with Gasteiger partial charge >= 0.3 is 0 Å². The zero-order valence-electron chi connectivity index (χ0n) is 14.0. The van der Waals surface area contributed by atoms with Gasteiger partial charge in [-0.15, -0.1) is 0 Å². The number of nitrogens with zero attached hydrogens (tertiary/aromatic N) is 2. The smallest absolute Gasteiger partial charge is 0.261 e. The second-order valence-electron chi connectivity index (χ2n) is 6.49. The van der Waals surface area contributed by atoms with Crippen molar-refractivity contribution in [2.24, 2.45) is 0 Å². The molecule has 7 heteroatoms. The topological polar surface area (TPSA) is 49.9 Å². The van der Waals surface area contributed by atoms with Gasteiger partial charge < -0.3 is 14.5 Å². The number of likely N-dealkylation sites (tertiary alicyclic amines) is 2. The molecule has 25 heavy (non-hydrogen) atoms. The van der Waals surface area contributed by atoms with Gasteiger partial charge in [0.2, 0.25) is 5.91 Å². The van der Waals surface area contributed by atoms with Gasteiger partial charge in [0.15, 0.2) is 6.61 Å². The SMILES string of the molecule is O=C([C@@H]1CCCCN1C(=O)COc1ccc(Cl)cc1Br)N1CCCC1. The van der Waals surface area contributed by atoms with E-state index in [9.17, 15) is 9.59 Å². The Labute approximate surface area is 161 Å². The quantitative estimate of drug-likeness (QED) is 0.736. The van der Waals surface area contributed by atoms with Gasteiger partial charge in [-0.1, -0.05) is 11.6 Å². The van der Waals surface area contributed by atoms with Crippen molar-refractivity contribution in [2.45, 2.75) is 38.1 Å². The van der Waals surface area contributed by atoms with Gasteiger partial charge in [0.25, 0.3) is 5.91 Å². The first-order valence-electron chi connectivity index (χ1n) is 8.72. The highest BCUT2D eigenvalue weighted by Crippen LogP contribution is 2.28. The van der Waals surface area contributed by atoms with Crippen LogP contribution in [-0.4, -0.2) is 53.9 Å². The lowest BCUT2D eigenvalue weighted by molar-refractivity contribution is -0.148. The van der Waals surface area contributed by atoms with E-state index in [-0.39, 0.29) is 24.5 Å². The number of ether oxygens (including phenoxy) is 1. The zero-order chi connectivity index (χ0) is 17.8. The molecule has 2 heterocycles. The Morgan fingerprint density at radius 1 is 1.16 bits per heavy atom. The zero-order valence-corrected chi connectivity index (χ0v) is 16.4. The number of halogens is 2. The summed E-state index contributed by atoms with van der Waals surface area (Å²) in [6, 6.07) is 4.83. The van der Waals surface area contributed by atoms with E-state index >= 15 is 0 Å². The molecule has 0 N–H and O–H groups in total. The second kappa shape index (κ2) is 8.41. The van der Waals surface area contributed by atoms with E-state index < -0.39 is 0 Å². The molecule has 5 nitrogen and oxygen atoms in total. The molecule has 0 radical (unpaired) electrons. The van der Waals surface area contributed by atoms with Crippen LogP contribution in [0.2, 0.25) is 5.02 Å². The van der Waals surface area contributed by atoms with Crippen molar-refractivity contribution in [2.75, 3.05) is 26.2 Å². The van der Waals surface area contributed by atoms with Crippen LogP contribution < -0.4 is 4.74 Å². The highest BCUT2D eigenvalue weighted by molar-refractivity contribution is 9.10. The summed E-state index contributed by atoms with van der Waals surface area (Å²) >= 11 is 9.29. The van der Waals surface area contributed by atoms with E-state index in [1.54, 1.807) is 23.1 Å². The van der Waals surface area contributed by atoms with Crippen LogP contribution >= 0.6 is 27.5 Å². The molecule has 0 bridgehead atoms. The molecule has 0 saturated carbocycles. The van der Waals surface area contributed by atoms with Crippen molar-refractivity contribution >= 4 is 39.3 Å². The third-order valence-electron chi connectivity index (χ3n) is 4.77. The Hall–Kier alpha value is -1.27. The molecule has 1 aromatic carbocycles. The molecule has 2 amide bonds. The molecule has 0 aromatic heterocycles. The third kappa shape index (κ3) is 4.47. The Balaban J connectivity index is 1.63. The van der Waals surface area contributed by atoms with Crippen molar-refractivity contribution in [3.8, 4) is 5.75 Å². The molecule has 2 saturated heterocycles. The van der Waals surface area contributed by atoms with Gasteiger partial charge in [0.1, 0.15) is 11.8 Å². The lowest BCUT2D eigenvalue weighted by Crippen LogP contribution is -2.53. The standard InChI is InChI=1S/C18H22BrClN2O3/c19-14-11-13(20)6-7-16(14)25-12-17(23)22-10-2-1-5-15(22)18(24)21-8-3-4-9-21/h6-7,11,15H,1-5,8-10,12H2/t15-/m0/s1. The molecule has 2 aliphatic heterocycles. The maximum Gasteiger partial charge on any atom is 0.261 e. The Morgan fingerprint density at radius 2 is 1.88 bits per heavy atom. The Morgan fingerprint density at radius 3 is 2.60 bits per heavy atom. The number of piperidine rings is 1. The van der Waals surface area contributed by atoms with Crippen molar-refractivity contribution in [3.63, 3.8) is 0 Å². The number of carbonyl (C=O) groups is 2. The van der Waals surface area contributed by atoms with Crippen LogP contribution in [0.25, 0.3) is 0 Å². The van der Waals surface area contributed by atoms with Gasteiger partial charge in [-0.3, -0.25) is 9.59 Å². The highest BCUT2D eigenvalue weighted by atomic mass is 79.9. The number of hydrogen-bond donors (Lipinski definition) is 0. The van der Waals surface area contributed by atoms with E-state index in [2.05, 4.69) is 15.9 Å². The predicted octanol–water partition coefficient (Wildman–Crippen LogP) is 3.48. The molecule has 136 valence electrons. The molecule has 0 spiro atoms. The maximum atomic E-state index is 12.8. The van der Waals surface area contributed by atoms with E-state index in [0.29, 0.717) is 21.8 Å². The van der Waals surface area contributed by atoms with Crippen LogP contribution in [-0.2, 0) is 9.59 Å². The normalized spacial score (nSPS) is 20.6. The number of hydrogen-bond acceptors (Lipinski definition) is 3. The van der Waals surface area contributed by atoms with Crippen LogP contribution in [0.1, 0.15) is 32.1 Å². The molecule has 2 aliphatic rings. The number of amides is 2. The summed E-state index contributed by atoms with van der Waals surface area (Å²) in [5, 5.41) is 0.595. The maximum absolute atomic E-state index is 12.8. The fourth-order valence-electron chi connectivity index (χ4n) is 3.45. The number of benzene rings is 1. The molecule has 0 aliphatic carbocycles. The summed E-state index contributed by atoms with van der Waals surface area (Å²) in [6.45, 7) is 2.16. The molecule has 2 fully saturated rings. The fourth-order valence-corrected chi connectivity index (χ4v) is 4.25. The summed E-state index contributed by atoms with van der Waals surface area (Å²) in [5.41, 5.74) is 0. The van der Waals surface area contributed by atoms with Crippen LogP contribution in [0.5, 0.6) is 5.75 Å². The van der Waals surface area contributed by atoms with E-state index in [1.807, 2.05) is 4.90 Å². The van der Waals surface area contributed by atoms with Crippen molar-refractivity contribution in [1.29, 1.82) is 0 Å². The first kappa shape index (κ1) is 18.5. The first-order valence-corrected chi connectivity index (χ1v) is 9.89. The summed E-state index contributed by atoms with van der Waals surface area (Å²) < 4.78 is 6.34. The third-order valence-corrected chi connectivity index (χ3v) is 5.63. The Kier molecular flexibility index (Phi) is 6.23. The minimum absolute atomic E-state index is 0.0794. The van der Waals surface area contributed by atoms with Crippen LogP contribution in [0.3, 0.4) is 0 Å². The van der Waals surface area contributed by atoms with E-state index in [0.717, 1.165) is 45.2 Å². The van der Waals surface area contributed by atoms with Gasteiger partial charge in [-0.2, -0.15) is 0 Å². The lowest BCUT2D eigenvalue weighted by atomic mass is 10.0.